The third kappa shape index (κ3) is 4.36. The van der Waals surface area contributed by atoms with E-state index in [1.165, 1.54) is 31.6 Å². The number of carbonyl (C=O) groups excluding carboxylic acids is 1. The number of nitrogens with one attached hydrogen (secondary N) is 1. The van der Waals surface area contributed by atoms with Gasteiger partial charge in [-0.05, 0) is 55.0 Å². The molecule has 150 valence electrons. The normalized spacial score (nSPS) is 14.6. The zero-order chi connectivity index (χ0) is 20.3. The summed E-state index contributed by atoms with van der Waals surface area (Å²) in [6, 6.07) is 14.8. The summed E-state index contributed by atoms with van der Waals surface area (Å²) in [6.07, 6.45) is 3.37. The maximum Gasteiger partial charge on any atom is 0.304 e. The van der Waals surface area contributed by atoms with Gasteiger partial charge in [0.1, 0.15) is 6.54 Å². The monoisotopic (exact) mass is 401 g/mol. The number of nitrogens with zero attached hydrogens (tertiary/aromatic N) is 2. The van der Waals surface area contributed by atoms with Gasteiger partial charge in [-0.2, -0.15) is 12.7 Å². The SMILES string of the molecule is CC(NC(=O)CN(c1ccccc1)S(=O)(=O)N(C)C)c1ccc2c(c1)CCC2. The Hall–Kier alpha value is -2.38. The van der Waals surface area contributed by atoms with E-state index in [4.69, 9.17) is 0 Å². The number of carbonyl (C=O) groups is 1. The summed E-state index contributed by atoms with van der Waals surface area (Å²) in [5.74, 6) is -0.345. The molecule has 2 aromatic carbocycles. The molecule has 1 unspecified atom stereocenters. The van der Waals surface area contributed by atoms with Crippen molar-refractivity contribution >= 4 is 21.8 Å². The number of hydrogen-bond donors (Lipinski definition) is 1. The lowest BCUT2D eigenvalue weighted by Gasteiger charge is -2.27. The molecule has 28 heavy (non-hydrogen) atoms. The minimum Gasteiger partial charge on any atom is -0.348 e. The molecule has 0 aliphatic heterocycles. The second-order valence-corrected chi connectivity index (χ2v) is 9.37. The zero-order valence-corrected chi connectivity index (χ0v) is 17.4. The van der Waals surface area contributed by atoms with Crippen LogP contribution in [0, 0.1) is 0 Å². The number of rotatable bonds is 7. The van der Waals surface area contributed by atoms with Crippen LogP contribution in [-0.4, -0.2) is 39.3 Å². The molecule has 0 aromatic heterocycles. The van der Waals surface area contributed by atoms with Crippen molar-refractivity contribution in [2.75, 3.05) is 24.9 Å². The van der Waals surface area contributed by atoms with E-state index in [-0.39, 0.29) is 18.5 Å². The van der Waals surface area contributed by atoms with Gasteiger partial charge in [-0.3, -0.25) is 4.79 Å². The van der Waals surface area contributed by atoms with E-state index in [1.807, 2.05) is 13.0 Å². The summed E-state index contributed by atoms with van der Waals surface area (Å²) in [7, 11) is -0.880. The van der Waals surface area contributed by atoms with Crippen LogP contribution in [0.4, 0.5) is 5.69 Å². The number of anilines is 1. The van der Waals surface area contributed by atoms with E-state index >= 15 is 0 Å². The fourth-order valence-electron chi connectivity index (χ4n) is 3.46. The van der Waals surface area contributed by atoms with Gasteiger partial charge in [0, 0.05) is 14.1 Å². The molecule has 0 fully saturated rings. The molecule has 0 radical (unpaired) electrons. The number of aryl methyl sites for hydroxylation is 2. The van der Waals surface area contributed by atoms with E-state index in [1.54, 1.807) is 30.3 Å². The molecule has 2 aromatic rings. The summed E-state index contributed by atoms with van der Waals surface area (Å²) in [5.41, 5.74) is 4.22. The number of fused-ring (bicyclic) bond motifs is 1. The number of para-hydroxylation sites is 1. The van der Waals surface area contributed by atoms with Gasteiger partial charge in [-0.1, -0.05) is 36.4 Å². The molecule has 0 heterocycles. The predicted octanol–water partition coefficient (Wildman–Crippen LogP) is 2.67. The second kappa shape index (κ2) is 8.32. The molecule has 1 amide bonds. The molecular formula is C21H27N3O3S. The number of hydrogen-bond acceptors (Lipinski definition) is 3. The maximum absolute atomic E-state index is 12.7. The second-order valence-electron chi connectivity index (χ2n) is 7.30. The molecule has 3 rings (SSSR count). The molecule has 0 saturated carbocycles. The minimum absolute atomic E-state index is 0.196. The highest BCUT2D eigenvalue weighted by molar-refractivity contribution is 7.90. The van der Waals surface area contributed by atoms with Crippen molar-refractivity contribution in [2.24, 2.45) is 0 Å². The smallest absolute Gasteiger partial charge is 0.304 e. The molecule has 0 bridgehead atoms. The fourth-order valence-corrected chi connectivity index (χ4v) is 4.52. The first-order valence-corrected chi connectivity index (χ1v) is 10.8. The largest absolute Gasteiger partial charge is 0.348 e. The lowest BCUT2D eigenvalue weighted by Crippen LogP contribution is -2.46. The highest BCUT2D eigenvalue weighted by atomic mass is 32.2. The van der Waals surface area contributed by atoms with Gasteiger partial charge in [-0.15, -0.1) is 0 Å². The highest BCUT2D eigenvalue weighted by Crippen LogP contribution is 2.25. The molecular weight excluding hydrogens is 374 g/mol. The first-order valence-electron chi connectivity index (χ1n) is 9.45. The lowest BCUT2D eigenvalue weighted by atomic mass is 10.0. The molecule has 7 heteroatoms. The molecule has 1 N–H and O–H groups in total. The Morgan fingerprint density at radius 2 is 1.75 bits per heavy atom. The van der Waals surface area contributed by atoms with Crippen LogP contribution >= 0.6 is 0 Å². The quantitative estimate of drug-likeness (QED) is 0.775. The summed E-state index contributed by atoms with van der Waals surface area (Å²) in [5, 5.41) is 2.94. The van der Waals surface area contributed by atoms with Crippen LogP contribution in [0.25, 0.3) is 0 Å². The van der Waals surface area contributed by atoms with Crippen LogP contribution < -0.4 is 9.62 Å². The van der Waals surface area contributed by atoms with Crippen molar-refractivity contribution in [3.8, 4) is 0 Å². The molecule has 6 nitrogen and oxygen atoms in total. The molecule has 1 atom stereocenters. The zero-order valence-electron chi connectivity index (χ0n) is 16.6. The first-order chi connectivity index (χ1) is 13.3. The Morgan fingerprint density at radius 1 is 1.07 bits per heavy atom. The van der Waals surface area contributed by atoms with Crippen molar-refractivity contribution in [1.29, 1.82) is 0 Å². The van der Waals surface area contributed by atoms with E-state index in [0.29, 0.717) is 5.69 Å². The van der Waals surface area contributed by atoms with Gasteiger partial charge in [0.05, 0.1) is 11.7 Å². The van der Waals surface area contributed by atoms with Crippen molar-refractivity contribution in [1.82, 2.24) is 9.62 Å². The Kier molecular flexibility index (Phi) is 6.05. The van der Waals surface area contributed by atoms with Crippen LogP contribution in [0.3, 0.4) is 0 Å². The summed E-state index contributed by atoms with van der Waals surface area (Å²) in [4.78, 5) is 12.7. The fraction of sp³-hybridized carbons (Fsp3) is 0.381. The predicted molar refractivity (Wildman–Crippen MR) is 111 cm³/mol. The van der Waals surface area contributed by atoms with Gasteiger partial charge in [0.15, 0.2) is 0 Å². The lowest BCUT2D eigenvalue weighted by molar-refractivity contribution is -0.120. The maximum atomic E-state index is 12.7. The van der Waals surface area contributed by atoms with Crippen molar-refractivity contribution in [2.45, 2.75) is 32.2 Å². The number of benzene rings is 2. The van der Waals surface area contributed by atoms with E-state index in [9.17, 15) is 13.2 Å². The third-order valence-electron chi connectivity index (χ3n) is 5.07. The third-order valence-corrected chi connectivity index (χ3v) is 6.89. The van der Waals surface area contributed by atoms with Crippen molar-refractivity contribution < 1.29 is 13.2 Å². The van der Waals surface area contributed by atoms with Gasteiger partial charge in [-0.25, -0.2) is 4.31 Å². The van der Waals surface area contributed by atoms with Crippen LogP contribution in [0.15, 0.2) is 48.5 Å². The Labute approximate surface area is 167 Å². The molecule has 1 aliphatic carbocycles. The van der Waals surface area contributed by atoms with Crippen LogP contribution in [-0.2, 0) is 27.8 Å². The van der Waals surface area contributed by atoms with Gasteiger partial charge >= 0.3 is 10.2 Å². The van der Waals surface area contributed by atoms with Crippen LogP contribution in [0.5, 0.6) is 0 Å². The van der Waals surface area contributed by atoms with E-state index < -0.39 is 10.2 Å². The summed E-state index contributed by atoms with van der Waals surface area (Å²) >= 11 is 0. The molecule has 0 spiro atoms. The van der Waals surface area contributed by atoms with Gasteiger partial charge in [0.25, 0.3) is 0 Å². The highest BCUT2D eigenvalue weighted by Gasteiger charge is 2.27. The average Bonchev–Trinajstić information content (AvgIpc) is 3.14. The standard InChI is InChI=1S/C21H27N3O3S/c1-16(18-13-12-17-8-7-9-19(17)14-18)22-21(25)15-24(28(26,27)23(2)3)20-10-5-4-6-11-20/h4-6,10-14,16H,7-9,15H2,1-3H3,(H,22,25). The van der Waals surface area contributed by atoms with Crippen molar-refractivity contribution in [3.05, 3.63) is 65.2 Å². The van der Waals surface area contributed by atoms with Gasteiger partial charge < -0.3 is 5.32 Å². The minimum atomic E-state index is -3.79. The van der Waals surface area contributed by atoms with E-state index in [0.717, 1.165) is 27.0 Å². The first kappa shape index (κ1) is 20.4. The molecule has 1 aliphatic rings. The Bertz CT molecular complexity index is 943. The van der Waals surface area contributed by atoms with Gasteiger partial charge in [0.2, 0.25) is 5.91 Å². The van der Waals surface area contributed by atoms with Crippen LogP contribution in [0.2, 0.25) is 0 Å². The van der Waals surface area contributed by atoms with Crippen LogP contribution in [0.1, 0.15) is 36.1 Å². The summed E-state index contributed by atoms with van der Waals surface area (Å²) in [6.45, 7) is 1.64. The Morgan fingerprint density at radius 3 is 2.43 bits per heavy atom. The summed E-state index contributed by atoms with van der Waals surface area (Å²) < 4.78 is 27.7. The average molecular weight is 402 g/mol. The van der Waals surface area contributed by atoms with Crippen molar-refractivity contribution in [3.63, 3.8) is 0 Å². The molecule has 0 saturated heterocycles. The van der Waals surface area contributed by atoms with E-state index in [2.05, 4.69) is 17.4 Å². The number of amides is 1. The topological polar surface area (TPSA) is 69.7 Å². The Balaban J connectivity index is 1.75.